The second-order valence-electron chi connectivity index (χ2n) is 26.3. The minimum atomic E-state index is -0.00126. The highest BCUT2D eigenvalue weighted by Gasteiger charge is 2.34. The van der Waals surface area contributed by atoms with Gasteiger partial charge in [-0.05, 0) is 210 Å². The number of allylic oxidation sites excluding steroid dienone is 2. The van der Waals surface area contributed by atoms with Gasteiger partial charge < -0.3 is 18.0 Å². The molecule has 0 bridgehead atoms. The average Bonchev–Trinajstić information content (AvgIpc) is 1.49. The van der Waals surface area contributed by atoms with Crippen molar-refractivity contribution in [2.75, 3.05) is 0 Å². The molecular formula is C92H52O4. The van der Waals surface area contributed by atoms with Crippen molar-refractivity contribution >= 4 is 152 Å². The van der Waals surface area contributed by atoms with E-state index in [9.17, 15) is 0 Å². The molecule has 0 spiro atoms. The van der Waals surface area contributed by atoms with E-state index in [1.807, 2.05) is 0 Å². The molecule has 0 N–H and O–H groups in total. The summed E-state index contributed by atoms with van der Waals surface area (Å²) in [6.45, 7) is 0. The van der Waals surface area contributed by atoms with Crippen molar-refractivity contribution in [3.05, 3.63) is 309 Å². The highest BCUT2D eigenvalue weighted by molar-refractivity contribution is 6.34. The normalized spacial score (nSPS) is 14.7. The van der Waals surface area contributed by atoms with Crippen LogP contribution in [0.1, 0.15) is 11.5 Å². The van der Waals surface area contributed by atoms with Crippen molar-refractivity contribution in [3.8, 4) is 61.4 Å². The van der Waals surface area contributed by atoms with E-state index in [1.54, 1.807) is 0 Å². The Bertz CT molecular complexity index is 6830. The minimum Gasteiger partial charge on any atom is -0.484 e. The third-order valence-corrected chi connectivity index (χ3v) is 21.3. The van der Waals surface area contributed by atoms with E-state index < -0.39 is 0 Å². The zero-order valence-electron chi connectivity index (χ0n) is 51.7. The summed E-state index contributed by atoms with van der Waals surface area (Å²) in [6, 6.07) is 103. The number of hydrogen-bond donors (Lipinski definition) is 0. The van der Waals surface area contributed by atoms with Gasteiger partial charge in [-0.25, -0.2) is 0 Å². The van der Waals surface area contributed by atoms with Gasteiger partial charge in [-0.1, -0.05) is 224 Å². The topological polar surface area (TPSA) is 48.7 Å². The van der Waals surface area contributed by atoms with Gasteiger partial charge in [0.1, 0.15) is 45.4 Å². The molecule has 0 saturated heterocycles. The molecule has 0 radical (unpaired) electrons. The first kappa shape index (κ1) is 52.0. The first-order valence-electron chi connectivity index (χ1n) is 33.2. The molecule has 4 heterocycles. The van der Waals surface area contributed by atoms with Crippen LogP contribution >= 0.6 is 0 Å². The second-order valence-corrected chi connectivity index (χ2v) is 26.3. The lowest BCUT2D eigenvalue weighted by Gasteiger charge is -2.18. The molecule has 1 aliphatic heterocycles. The zero-order chi connectivity index (χ0) is 62.4. The lowest BCUT2D eigenvalue weighted by atomic mass is 9.85. The van der Waals surface area contributed by atoms with Crippen LogP contribution in [0.5, 0.6) is 5.75 Å². The van der Waals surface area contributed by atoms with Gasteiger partial charge in [0.15, 0.2) is 0 Å². The number of benzene rings is 17. The number of hydrogen-bond acceptors (Lipinski definition) is 4. The Balaban J connectivity index is 0.672. The Hall–Kier alpha value is -12.5. The fourth-order valence-electron chi connectivity index (χ4n) is 17.1. The molecule has 4 heteroatoms. The van der Waals surface area contributed by atoms with Gasteiger partial charge in [-0.2, -0.15) is 0 Å². The van der Waals surface area contributed by atoms with Gasteiger partial charge in [0.2, 0.25) is 0 Å². The predicted molar refractivity (Wildman–Crippen MR) is 401 cm³/mol. The highest BCUT2D eigenvalue weighted by atomic mass is 16.5. The second kappa shape index (κ2) is 19.5. The summed E-state index contributed by atoms with van der Waals surface area (Å²) in [6.07, 6.45) is 8.65. The Morgan fingerprint density at radius 1 is 0.229 bits per heavy atom. The van der Waals surface area contributed by atoms with E-state index in [2.05, 4.69) is 303 Å². The fraction of sp³-hybridized carbons (Fsp3) is 0.0217. The Kier molecular flexibility index (Phi) is 10.6. The summed E-state index contributed by atoms with van der Waals surface area (Å²) >= 11 is 0. The molecule has 2 atom stereocenters. The van der Waals surface area contributed by atoms with E-state index in [0.717, 1.165) is 126 Å². The van der Waals surface area contributed by atoms with Crippen LogP contribution in [0.15, 0.2) is 317 Å². The van der Waals surface area contributed by atoms with Gasteiger partial charge in [-0.3, -0.25) is 0 Å². The molecule has 22 rings (SSSR count). The van der Waals surface area contributed by atoms with Crippen LogP contribution in [-0.4, -0.2) is 6.10 Å². The summed E-state index contributed by atoms with van der Waals surface area (Å²) in [5.41, 5.74) is 18.0. The lowest BCUT2D eigenvalue weighted by Crippen LogP contribution is -2.15. The maximum Gasteiger partial charge on any atom is 0.136 e. The largest absolute Gasteiger partial charge is 0.484 e. The smallest absolute Gasteiger partial charge is 0.136 e. The SMILES string of the molecule is C1=CC2Oc3c(ccc4ccc5oc6cc(-c7c8ccccc8c(-c8ccc9cc(-c%10cc%11oc%12ccccc%12c%11c%11c%10ccc%10oc%12cc(-c%13c%14ccccc%14c(-c%14ccc%15ccccc%15c%14)c%14ccccc%13%14)ccc%12c%10%11)ccc9c8)c8ccccc78)ccc6c5c34)C2C=C1. The van der Waals surface area contributed by atoms with Crippen molar-refractivity contribution in [1.29, 1.82) is 0 Å². The monoisotopic (exact) mass is 1220 g/mol. The molecule has 0 saturated carbocycles. The fourth-order valence-corrected chi connectivity index (χ4v) is 17.1. The van der Waals surface area contributed by atoms with Crippen molar-refractivity contribution < 1.29 is 18.0 Å². The number of ether oxygens (including phenoxy) is 1. The van der Waals surface area contributed by atoms with Crippen LogP contribution < -0.4 is 4.74 Å². The van der Waals surface area contributed by atoms with Gasteiger partial charge in [0, 0.05) is 54.6 Å². The van der Waals surface area contributed by atoms with Crippen LogP contribution in [0.3, 0.4) is 0 Å². The summed E-state index contributed by atoms with van der Waals surface area (Å²) in [5, 5.41) is 25.5. The average molecular weight is 1220 g/mol. The molecule has 20 aromatic rings. The maximum atomic E-state index is 7.07. The minimum absolute atomic E-state index is 0.00126. The molecular weight excluding hydrogens is 1170 g/mol. The van der Waals surface area contributed by atoms with Crippen LogP contribution in [0.25, 0.3) is 208 Å². The summed E-state index contributed by atoms with van der Waals surface area (Å²) in [4.78, 5) is 0. The maximum absolute atomic E-state index is 7.07. The first-order chi connectivity index (χ1) is 47.6. The van der Waals surface area contributed by atoms with Gasteiger partial charge in [0.05, 0.1) is 0 Å². The molecule has 96 heavy (non-hydrogen) atoms. The first-order valence-corrected chi connectivity index (χ1v) is 33.2. The molecule has 2 aliphatic rings. The van der Waals surface area contributed by atoms with Crippen molar-refractivity contribution in [2.45, 2.75) is 12.0 Å². The summed E-state index contributed by atoms with van der Waals surface area (Å²) in [5.74, 6) is 1.17. The number of furan rings is 3. The number of rotatable bonds is 5. The lowest BCUT2D eigenvalue weighted by molar-refractivity contribution is 0.271. The Morgan fingerprint density at radius 3 is 1.22 bits per heavy atom. The Morgan fingerprint density at radius 2 is 0.625 bits per heavy atom. The van der Waals surface area contributed by atoms with E-state index in [1.165, 1.54) is 92.8 Å². The van der Waals surface area contributed by atoms with E-state index in [4.69, 9.17) is 18.0 Å². The molecule has 1 aliphatic carbocycles. The molecule has 0 fully saturated rings. The molecule has 0 amide bonds. The van der Waals surface area contributed by atoms with Crippen molar-refractivity contribution in [2.24, 2.45) is 0 Å². The van der Waals surface area contributed by atoms with E-state index in [-0.39, 0.29) is 12.0 Å². The summed E-state index contributed by atoms with van der Waals surface area (Å²) in [7, 11) is 0. The van der Waals surface area contributed by atoms with Gasteiger partial charge in [-0.15, -0.1) is 0 Å². The van der Waals surface area contributed by atoms with Gasteiger partial charge in [0.25, 0.3) is 0 Å². The quantitative estimate of drug-likeness (QED) is 0.161. The summed E-state index contributed by atoms with van der Waals surface area (Å²) < 4.78 is 27.5. The van der Waals surface area contributed by atoms with Crippen LogP contribution in [0.4, 0.5) is 0 Å². The van der Waals surface area contributed by atoms with Crippen molar-refractivity contribution in [3.63, 3.8) is 0 Å². The van der Waals surface area contributed by atoms with Crippen LogP contribution in [0, 0.1) is 0 Å². The molecule has 17 aromatic carbocycles. The standard InChI is InChI=1S/C92H52O4/c1-2-16-53-46-57(33-29-51(53)15-1)83-62-18-3-7-22-66(62)86(67-23-8-4-19-63(67)83)60-37-41-74-81(49-60)95-79-44-42-70-75(50-82-90(91(70)89(74)79)72-26-12-14-28-77(72)93-82)56-32-30-55-47-58(34-31-54(55)45-56)84-64-20-5-9-24-68(64)85(69-25-10-6-21-65(69)84)59-36-40-73-80(48-59)94-78-43-38-52-35-39-71-61-17-11-13-27-76(61)96-92(71)87(52)88(73)78/h1-50,61,76H. The van der Waals surface area contributed by atoms with E-state index >= 15 is 0 Å². The van der Waals surface area contributed by atoms with Crippen LogP contribution in [0.2, 0.25) is 0 Å². The molecule has 2 unspecified atom stereocenters. The molecule has 4 nitrogen and oxygen atoms in total. The third-order valence-electron chi connectivity index (χ3n) is 21.3. The molecule has 3 aromatic heterocycles. The third kappa shape index (κ3) is 7.33. The highest BCUT2D eigenvalue weighted by Crippen LogP contribution is 2.53. The van der Waals surface area contributed by atoms with E-state index in [0.29, 0.717) is 0 Å². The van der Waals surface area contributed by atoms with Crippen molar-refractivity contribution in [1.82, 2.24) is 0 Å². The van der Waals surface area contributed by atoms with Crippen LogP contribution in [-0.2, 0) is 0 Å². The molecule has 444 valence electrons. The number of para-hydroxylation sites is 1. The van der Waals surface area contributed by atoms with Gasteiger partial charge >= 0.3 is 0 Å². The Labute approximate surface area is 549 Å². The zero-order valence-corrected chi connectivity index (χ0v) is 51.7. The predicted octanol–water partition coefficient (Wildman–Crippen LogP) is 25.9. The number of fused-ring (bicyclic) bond motifs is 24.